The summed E-state index contributed by atoms with van der Waals surface area (Å²) in [5.41, 5.74) is 6.36. The SMILES string of the molecule is Nc1ncnc2c1c(-c1ccc(Oc3ccccc3)cc1)nn2CCc1c(F)c(F)c(F)c(F)c1F. The molecule has 0 fully saturated rings. The number of benzene rings is 3. The van der Waals surface area contributed by atoms with Crippen molar-refractivity contribution in [2.45, 2.75) is 13.0 Å². The number of nitrogens with two attached hydrogens (primary N) is 1. The van der Waals surface area contributed by atoms with Crippen LogP contribution in [0.4, 0.5) is 27.8 Å². The molecule has 0 aliphatic carbocycles. The van der Waals surface area contributed by atoms with Gasteiger partial charge in [0.05, 0.1) is 5.39 Å². The molecule has 0 radical (unpaired) electrons. The first kappa shape index (κ1) is 23.2. The lowest BCUT2D eigenvalue weighted by Crippen LogP contribution is -2.11. The molecule has 2 N–H and O–H groups in total. The maximum Gasteiger partial charge on any atom is 0.200 e. The van der Waals surface area contributed by atoms with Gasteiger partial charge >= 0.3 is 0 Å². The summed E-state index contributed by atoms with van der Waals surface area (Å²) in [4.78, 5) is 8.14. The molecule has 0 bridgehead atoms. The van der Waals surface area contributed by atoms with E-state index in [1.165, 1.54) is 11.0 Å². The Bertz CT molecular complexity index is 1540. The molecule has 36 heavy (non-hydrogen) atoms. The van der Waals surface area contributed by atoms with Crippen molar-refractivity contribution in [3.63, 3.8) is 0 Å². The molecule has 0 saturated heterocycles. The zero-order valence-electron chi connectivity index (χ0n) is 18.4. The Kier molecular flexibility index (Phi) is 5.96. The number of anilines is 1. The molecular formula is C25H16F5N5O. The molecule has 5 aromatic rings. The molecule has 6 nitrogen and oxygen atoms in total. The Balaban J connectivity index is 1.49. The molecule has 182 valence electrons. The number of aromatic nitrogens is 4. The van der Waals surface area contributed by atoms with E-state index in [0.717, 1.165) is 0 Å². The average molecular weight is 497 g/mol. The Morgan fingerprint density at radius 3 is 2.03 bits per heavy atom. The van der Waals surface area contributed by atoms with Gasteiger partial charge in [0.1, 0.15) is 29.3 Å². The normalized spacial score (nSPS) is 11.2. The third-order valence-electron chi connectivity index (χ3n) is 5.54. The number of nitrogen functional groups attached to an aromatic ring is 1. The van der Waals surface area contributed by atoms with Crippen LogP contribution in [-0.4, -0.2) is 19.7 Å². The highest BCUT2D eigenvalue weighted by Gasteiger charge is 2.26. The molecule has 0 atom stereocenters. The van der Waals surface area contributed by atoms with Crippen molar-refractivity contribution in [1.82, 2.24) is 19.7 Å². The van der Waals surface area contributed by atoms with E-state index in [4.69, 9.17) is 10.5 Å². The van der Waals surface area contributed by atoms with Crippen LogP contribution in [-0.2, 0) is 13.0 Å². The van der Waals surface area contributed by atoms with Crippen LogP contribution in [0, 0.1) is 29.1 Å². The summed E-state index contributed by atoms with van der Waals surface area (Å²) in [5.74, 6) is -8.63. The predicted octanol–water partition coefficient (Wildman–Crippen LogP) is 5.81. The van der Waals surface area contributed by atoms with Crippen molar-refractivity contribution in [2.75, 3.05) is 5.73 Å². The van der Waals surface area contributed by atoms with Gasteiger partial charge in [0.2, 0.25) is 5.82 Å². The maximum atomic E-state index is 14.1. The van der Waals surface area contributed by atoms with Crippen LogP contribution in [0.1, 0.15) is 5.56 Å². The van der Waals surface area contributed by atoms with E-state index in [9.17, 15) is 22.0 Å². The van der Waals surface area contributed by atoms with E-state index in [1.807, 2.05) is 30.3 Å². The lowest BCUT2D eigenvalue weighted by molar-refractivity contribution is 0.368. The van der Waals surface area contributed by atoms with Crippen molar-refractivity contribution >= 4 is 16.9 Å². The number of ether oxygens (including phenoxy) is 1. The number of hydrogen-bond donors (Lipinski definition) is 1. The van der Waals surface area contributed by atoms with Gasteiger partial charge in [-0.2, -0.15) is 5.10 Å². The van der Waals surface area contributed by atoms with Gasteiger partial charge in [-0.15, -0.1) is 0 Å². The first-order valence-corrected chi connectivity index (χ1v) is 10.7. The van der Waals surface area contributed by atoms with Crippen LogP contribution in [0.2, 0.25) is 0 Å². The van der Waals surface area contributed by atoms with Gasteiger partial charge in [-0.05, 0) is 42.8 Å². The Hall–Kier alpha value is -4.54. The van der Waals surface area contributed by atoms with Crippen LogP contribution in [0.5, 0.6) is 11.5 Å². The van der Waals surface area contributed by atoms with Gasteiger partial charge in [-0.25, -0.2) is 36.6 Å². The molecule has 5 rings (SSSR count). The van der Waals surface area contributed by atoms with Crippen LogP contribution in [0.25, 0.3) is 22.3 Å². The number of halogens is 5. The van der Waals surface area contributed by atoms with Crippen LogP contribution in [0.3, 0.4) is 0 Å². The van der Waals surface area contributed by atoms with Crippen LogP contribution < -0.4 is 10.5 Å². The fourth-order valence-corrected chi connectivity index (χ4v) is 3.78. The molecule has 0 aliphatic heterocycles. The van der Waals surface area contributed by atoms with Crippen molar-refractivity contribution in [2.24, 2.45) is 0 Å². The van der Waals surface area contributed by atoms with Gasteiger partial charge in [-0.1, -0.05) is 18.2 Å². The minimum absolute atomic E-state index is 0.113. The molecule has 0 saturated carbocycles. The lowest BCUT2D eigenvalue weighted by Gasteiger charge is -2.08. The number of rotatable bonds is 6. The van der Waals surface area contributed by atoms with Gasteiger partial charge in [0, 0.05) is 17.7 Å². The maximum absolute atomic E-state index is 14.1. The van der Waals surface area contributed by atoms with E-state index in [2.05, 4.69) is 15.1 Å². The average Bonchev–Trinajstić information content (AvgIpc) is 3.27. The Morgan fingerprint density at radius 1 is 0.750 bits per heavy atom. The van der Waals surface area contributed by atoms with Gasteiger partial charge in [0.15, 0.2) is 28.9 Å². The second-order valence-electron chi connectivity index (χ2n) is 7.77. The van der Waals surface area contributed by atoms with Crippen molar-refractivity contribution < 1.29 is 26.7 Å². The lowest BCUT2D eigenvalue weighted by atomic mass is 10.1. The minimum Gasteiger partial charge on any atom is -0.457 e. The Labute approximate surface area is 200 Å². The second-order valence-corrected chi connectivity index (χ2v) is 7.77. The summed E-state index contributed by atoms with van der Waals surface area (Å²) in [6.07, 6.45) is 0.657. The van der Waals surface area contributed by atoms with Crippen molar-refractivity contribution in [1.29, 1.82) is 0 Å². The molecule has 3 aromatic carbocycles. The molecular weight excluding hydrogens is 481 g/mol. The highest BCUT2D eigenvalue weighted by Crippen LogP contribution is 2.32. The minimum atomic E-state index is -2.21. The molecule has 11 heteroatoms. The molecule has 0 unspecified atom stereocenters. The molecule has 0 amide bonds. The topological polar surface area (TPSA) is 78.8 Å². The fraction of sp³-hybridized carbons (Fsp3) is 0.0800. The van der Waals surface area contributed by atoms with Gasteiger partial charge < -0.3 is 10.5 Å². The van der Waals surface area contributed by atoms with E-state index in [1.54, 1.807) is 24.3 Å². The van der Waals surface area contributed by atoms with Gasteiger partial charge in [0.25, 0.3) is 0 Å². The van der Waals surface area contributed by atoms with E-state index < -0.39 is 41.1 Å². The number of hydrogen-bond acceptors (Lipinski definition) is 5. The highest BCUT2D eigenvalue weighted by molar-refractivity contribution is 5.98. The van der Waals surface area contributed by atoms with Crippen LogP contribution in [0.15, 0.2) is 60.9 Å². The first-order chi connectivity index (χ1) is 17.3. The first-order valence-electron chi connectivity index (χ1n) is 10.7. The summed E-state index contributed by atoms with van der Waals surface area (Å²) in [6.45, 7) is -0.236. The second kappa shape index (κ2) is 9.25. The largest absolute Gasteiger partial charge is 0.457 e. The van der Waals surface area contributed by atoms with Crippen molar-refractivity contribution in [3.8, 4) is 22.8 Å². The summed E-state index contributed by atoms with van der Waals surface area (Å²) >= 11 is 0. The smallest absolute Gasteiger partial charge is 0.200 e. The number of fused-ring (bicyclic) bond motifs is 1. The zero-order valence-corrected chi connectivity index (χ0v) is 18.4. The molecule has 2 aromatic heterocycles. The number of nitrogens with zero attached hydrogens (tertiary/aromatic N) is 4. The van der Waals surface area contributed by atoms with E-state index in [-0.39, 0.29) is 18.0 Å². The molecule has 0 aliphatic rings. The number of aryl methyl sites for hydroxylation is 1. The standard InChI is InChI=1S/C25H16F5N5O/c26-18-16(19(27)21(29)22(30)20(18)28)10-11-35-25-17(24(31)32-12-33-25)23(34-35)13-6-8-15(9-7-13)36-14-4-2-1-3-5-14/h1-9,12H,10-11H2,(H2,31,32,33). The highest BCUT2D eigenvalue weighted by atomic mass is 19.2. The zero-order chi connectivity index (χ0) is 25.4. The monoisotopic (exact) mass is 497 g/mol. The fourth-order valence-electron chi connectivity index (χ4n) is 3.78. The number of para-hydroxylation sites is 1. The third kappa shape index (κ3) is 4.08. The van der Waals surface area contributed by atoms with E-state index in [0.29, 0.717) is 28.1 Å². The van der Waals surface area contributed by atoms with Crippen LogP contribution >= 0.6 is 0 Å². The molecule has 0 spiro atoms. The summed E-state index contributed by atoms with van der Waals surface area (Å²) in [7, 11) is 0. The van der Waals surface area contributed by atoms with Gasteiger partial charge in [-0.3, -0.25) is 0 Å². The summed E-state index contributed by atoms with van der Waals surface area (Å²) in [6, 6.07) is 16.1. The quantitative estimate of drug-likeness (QED) is 0.182. The van der Waals surface area contributed by atoms with E-state index >= 15 is 0 Å². The third-order valence-corrected chi connectivity index (χ3v) is 5.54. The molecule has 2 heterocycles. The summed E-state index contributed by atoms with van der Waals surface area (Å²) in [5, 5.41) is 4.84. The van der Waals surface area contributed by atoms with Crippen molar-refractivity contribution in [3.05, 3.63) is 95.6 Å². The Morgan fingerprint density at radius 2 is 1.36 bits per heavy atom. The predicted molar refractivity (Wildman–Crippen MR) is 122 cm³/mol. The summed E-state index contributed by atoms with van der Waals surface area (Å²) < 4.78 is 75.9.